The van der Waals surface area contributed by atoms with Crippen molar-refractivity contribution in [2.24, 2.45) is 11.8 Å². The van der Waals surface area contributed by atoms with Gasteiger partial charge >= 0.3 is 12.0 Å². The zero-order valence-corrected chi connectivity index (χ0v) is 12.3. The molecule has 0 saturated carbocycles. The lowest BCUT2D eigenvalue weighted by atomic mass is 9.92. The van der Waals surface area contributed by atoms with Crippen molar-refractivity contribution in [3.8, 4) is 0 Å². The Morgan fingerprint density at radius 1 is 1.52 bits per heavy atom. The monoisotopic (exact) mass is 297 g/mol. The zero-order chi connectivity index (χ0) is 15.4. The third-order valence-electron chi connectivity index (χ3n) is 4.44. The van der Waals surface area contributed by atoms with Crippen molar-refractivity contribution in [2.45, 2.75) is 38.6 Å². The van der Waals surface area contributed by atoms with Crippen LogP contribution in [-0.2, 0) is 9.59 Å². The quantitative estimate of drug-likeness (QED) is 0.684. The SMILES string of the molecule is CCC(CNC(=O)N1CCCC2C(=O)NCC21)CC(=O)O. The smallest absolute Gasteiger partial charge is 0.317 e. The number of rotatable bonds is 5. The number of carbonyl (C=O) groups excluding carboxylic acids is 2. The first-order valence-electron chi connectivity index (χ1n) is 7.57. The molecule has 0 spiro atoms. The van der Waals surface area contributed by atoms with Crippen molar-refractivity contribution in [1.29, 1.82) is 0 Å². The molecule has 2 fully saturated rings. The third-order valence-corrected chi connectivity index (χ3v) is 4.44. The molecule has 0 radical (unpaired) electrons. The van der Waals surface area contributed by atoms with Crippen molar-refractivity contribution in [1.82, 2.24) is 15.5 Å². The fourth-order valence-corrected chi connectivity index (χ4v) is 3.14. The summed E-state index contributed by atoms with van der Waals surface area (Å²) in [5, 5.41) is 14.4. The third kappa shape index (κ3) is 3.65. The van der Waals surface area contributed by atoms with E-state index >= 15 is 0 Å². The molecule has 0 aromatic carbocycles. The number of likely N-dealkylation sites (tertiary alicyclic amines) is 1. The normalized spacial score (nSPS) is 26.0. The Labute approximate surface area is 124 Å². The van der Waals surface area contributed by atoms with Gasteiger partial charge in [0, 0.05) is 26.1 Å². The van der Waals surface area contributed by atoms with Gasteiger partial charge in [-0.2, -0.15) is 0 Å². The van der Waals surface area contributed by atoms with E-state index < -0.39 is 5.97 Å². The van der Waals surface area contributed by atoms with Crippen LogP contribution in [0.25, 0.3) is 0 Å². The minimum Gasteiger partial charge on any atom is -0.481 e. The number of nitrogens with one attached hydrogen (secondary N) is 2. The largest absolute Gasteiger partial charge is 0.481 e. The second kappa shape index (κ2) is 6.78. The maximum absolute atomic E-state index is 12.3. The van der Waals surface area contributed by atoms with Crippen molar-refractivity contribution in [3.63, 3.8) is 0 Å². The standard InChI is InChI=1S/C14H23N3O4/c1-2-9(6-12(18)19)7-16-14(21)17-5-3-4-10-11(17)8-15-13(10)20/h9-11H,2-8H2,1H3,(H,15,20)(H,16,21)(H,18,19). The highest BCUT2D eigenvalue weighted by atomic mass is 16.4. The number of carboxylic acid groups (broad SMARTS) is 1. The minimum absolute atomic E-state index is 0.0369. The Hall–Kier alpha value is -1.79. The number of carbonyl (C=O) groups is 3. The predicted molar refractivity (Wildman–Crippen MR) is 75.7 cm³/mol. The topological polar surface area (TPSA) is 98.7 Å². The Kier molecular flexibility index (Phi) is 5.03. The lowest BCUT2D eigenvalue weighted by Crippen LogP contribution is -2.53. The van der Waals surface area contributed by atoms with Crippen LogP contribution in [-0.4, -0.2) is 53.6 Å². The number of fused-ring (bicyclic) bond motifs is 1. The van der Waals surface area contributed by atoms with E-state index in [2.05, 4.69) is 10.6 Å². The molecule has 0 bridgehead atoms. The van der Waals surface area contributed by atoms with Crippen LogP contribution in [0.15, 0.2) is 0 Å². The number of nitrogens with zero attached hydrogens (tertiary/aromatic N) is 1. The molecule has 2 heterocycles. The van der Waals surface area contributed by atoms with Gasteiger partial charge in [0.1, 0.15) is 0 Å². The van der Waals surface area contributed by atoms with E-state index in [1.54, 1.807) is 4.90 Å². The van der Waals surface area contributed by atoms with Crippen LogP contribution in [0.3, 0.4) is 0 Å². The molecule has 3 unspecified atom stereocenters. The highest BCUT2D eigenvalue weighted by Gasteiger charge is 2.42. The molecule has 3 amide bonds. The first-order chi connectivity index (χ1) is 10.0. The maximum atomic E-state index is 12.3. The molecule has 2 aliphatic rings. The highest BCUT2D eigenvalue weighted by Crippen LogP contribution is 2.27. The summed E-state index contributed by atoms with van der Waals surface area (Å²) in [4.78, 5) is 36.4. The lowest BCUT2D eigenvalue weighted by molar-refractivity contribution is -0.138. The number of urea groups is 1. The van der Waals surface area contributed by atoms with Crippen molar-refractivity contribution >= 4 is 17.9 Å². The lowest BCUT2D eigenvalue weighted by Gasteiger charge is -2.36. The van der Waals surface area contributed by atoms with E-state index in [9.17, 15) is 14.4 Å². The van der Waals surface area contributed by atoms with Crippen molar-refractivity contribution in [3.05, 3.63) is 0 Å². The highest BCUT2D eigenvalue weighted by molar-refractivity contribution is 5.84. The number of hydrogen-bond donors (Lipinski definition) is 3. The van der Waals surface area contributed by atoms with Gasteiger partial charge in [0.25, 0.3) is 0 Å². The van der Waals surface area contributed by atoms with Gasteiger partial charge in [0.05, 0.1) is 12.0 Å². The minimum atomic E-state index is -0.847. The Morgan fingerprint density at radius 3 is 2.95 bits per heavy atom. The summed E-state index contributed by atoms with van der Waals surface area (Å²) < 4.78 is 0. The molecule has 3 N–H and O–H groups in total. The molecule has 21 heavy (non-hydrogen) atoms. The van der Waals surface area contributed by atoms with Gasteiger partial charge in [-0.1, -0.05) is 13.3 Å². The second-order valence-corrected chi connectivity index (χ2v) is 5.81. The molecule has 7 heteroatoms. The Bertz CT molecular complexity index is 426. The Morgan fingerprint density at radius 2 is 2.29 bits per heavy atom. The Balaban J connectivity index is 1.87. The van der Waals surface area contributed by atoms with Crippen LogP contribution in [0.5, 0.6) is 0 Å². The van der Waals surface area contributed by atoms with Crippen LogP contribution in [0.1, 0.15) is 32.6 Å². The number of carboxylic acids is 1. The first kappa shape index (κ1) is 15.6. The first-order valence-corrected chi connectivity index (χ1v) is 7.57. The van der Waals surface area contributed by atoms with Crippen molar-refractivity contribution < 1.29 is 19.5 Å². The van der Waals surface area contributed by atoms with E-state index in [4.69, 9.17) is 5.11 Å². The van der Waals surface area contributed by atoms with Gasteiger partial charge in [-0.05, 0) is 18.8 Å². The van der Waals surface area contributed by atoms with Crippen LogP contribution in [0.4, 0.5) is 4.79 Å². The number of amides is 3. The molecule has 0 aromatic heterocycles. The van der Waals surface area contributed by atoms with Crippen LogP contribution in [0, 0.1) is 11.8 Å². The number of piperidine rings is 1. The zero-order valence-electron chi connectivity index (χ0n) is 12.3. The van der Waals surface area contributed by atoms with Gasteiger partial charge < -0.3 is 20.6 Å². The molecule has 0 aromatic rings. The summed E-state index contributed by atoms with van der Waals surface area (Å²) in [7, 11) is 0. The predicted octanol–water partition coefficient (Wildman–Crippen LogP) is 0.407. The van der Waals surface area contributed by atoms with Crippen molar-refractivity contribution in [2.75, 3.05) is 19.6 Å². The van der Waals surface area contributed by atoms with Gasteiger partial charge in [0.15, 0.2) is 0 Å². The van der Waals surface area contributed by atoms with Gasteiger partial charge in [0.2, 0.25) is 5.91 Å². The van der Waals surface area contributed by atoms with Gasteiger partial charge in [-0.3, -0.25) is 9.59 Å². The van der Waals surface area contributed by atoms with Gasteiger partial charge in [-0.25, -0.2) is 4.79 Å². The van der Waals surface area contributed by atoms with E-state index in [0.29, 0.717) is 26.1 Å². The molecule has 7 nitrogen and oxygen atoms in total. The summed E-state index contributed by atoms with van der Waals surface area (Å²) in [6.07, 6.45) is 2.42. The van der Waals surface area contributed by atoms with Crippen LogP contribution >= 0.6 is 0 Å². The van der Waals surface area contributed by atoms with Crippen LogP contribution in [0.2, 0.25) is 0 Å². The molecule has 118 valence electrons. The van der Waals surface area contributed by atoms with Gasteiger partial charge in [-0.15, -0.1) is 0 Å². The molecule has 2 rings (SSSR count). The summed E-state index contributed by atoms with van der Waals surface area (Å²) in [6.45, 7) is 3.44. The summed E-state index contributed by atoms with van der Waals surface area (Å²) in [5.41, 5.74) is 0. The van der Waals surface area contributed by atoms with Crippen LogP contribution < -0.4 is 10.6 Å². The maximum Gasteiger partial charge on any atom is 0.317 e. The summed E-state index contributed by atoms with van der Waals surface area (Å²) in [5.74, 6) is -0.963. The fraction of sp³-hybridized carbons (Fsp3) is 0.786. The van der Waals surface area contributed by atoms with E-state index in [1.165, 1.54) is 0 Å². The fourth-order valence-electron chi connectivity index (χ4n) is 3.14. The summed E-state index contributed by atoms with van der Waals surface area (Å²) in [6, 6.07) is -0.254. The molecular weight excluding hydrogens is 274 g/mol. The van der Waals surface area contributed by atoms with E-state index in [-0.39, 0.29) is 36.2 Å². The number of hydrogen-bond acceptors (Lipinski definition) is 3. The molecule has 3 atom stereocenters. The average Bonchev–Trinajstić information content (AvgIpc) is 2.84. The summed E-state index contributed by atoms with van der Waals surface area (Å²) >= 11 is 0. The molecule has 2 saturated heterocycles. The number of aliphatic carboxylic acids is 1. The molecular formula is C14H23N3O4. The van der Waals surface area contributed by atoms with E-state index in [1.807, 2.05) is 6.92 Å². The average molecular weight is 297 g/mol. The van der Waals surface area contributed by atoms with E-state index in [0.717, 1.165) is 12.8 Å². The second-order valence-electron chi connectivity index (χ2n) is 5.81. The molecule has 2 aliphatic heterocycles. The molecule has 0 aliphatic carbocycles.